The largest absolute Gasteiger partial charge is 0.482 e. The molecule has 6 nitrogen and oxygen atoms in total. The van der Waals surface area contributed by atoms with Crippen molar-refractivity contribution < 1.29 is 23.4 Å². The highest BCUT2D eigenvalue weighted by molar-refractivity contribution is 7.98. The number of hydrogen-bond donors (Lipinski definition) is 0. The van der Waals surface area contributed by atoms with E-state index in [4.69, 9.17) is 14.2 Å². The summed E-state index contributed by atoms with van der Waals surface area (Å²) in [4.78, 5) is 18.9. The lowest BCUT2D eigenvalue weighted by Gasteiger charge is -2.34. The number of carbonyl (C=O) groups is 1. The smallest absolute Gasteiger partial charge is 0.410 e. The summed E-state index contributed by atoms with van der Waals surface area (Å²) in [6, 6.07) is 4.91. The standard InChI is InChI=1S/C23H33FN2O4S/c1-15(17-8-9-20(31-7)19(24)14-17)25-21(28-6)16(2)29-18-10-12-26(13-11-18)22(27)30-23(3,4)5/h8-9,14,16,18H,1,10-13H2,2-7H3. The molecule has 1 fully saturated rings. The van der Waals surface area contributed by atoms with E-state index in [0.29, 0.717) is 48.0 Å². The topological polar surface area (TPSA) is 60.4 Å². The Hall–Kier alpha value is -2.06. The molecule has 1 saturated heterocycles. The van der Waals surface area contributed by atoms with Gasteiger partial charge in [-0.2, -0.15) is 0 Å². The van der Waals surface area contributed by atoms with Crippen LogP contribution in [0.15, 0.2) is 34.7 Å². The predicted molar refractivity (Wildman–Crippen MR) is 123 cm³/mol. The number of likely N-dealkylation sites (tertiary alicyclic amines) is 1. The van der Waals surface area contributed by atoms with Gasteiger partial charge in [-0.3, -0.25) is 0 Å². The zero-order chi connectivity index (χ0) is 23.2. The molecule has 1 amide bonds. The van der Waals surface area contributed by atoms with Gasteiger partial charge in [0.05, 0.1) is 18.9 Å². The summed E-state index contributed by atoms with van der Waals surface area (Å²) in [6.45, 7) is 12.5. The molecule has 0 bridgehead atoms. The molecule has 172 valence electrons. The zero-order valence-electron chi connectivity index (χ0n) is 19.2. The first-order valence-corrected chi connectivity index (χ1v) is 11.5. The van der Waals surface area contributed by atoms with Crippen LogP contribution in [0.5, 0.6) is 0 Å². The minimum atomic E-state index is -0.510. The van der Waals surface area contributed by atoms with E-state index >= 15 is 0 Å². The van der Waals surface area contributed by atoms with Gasteiger partial charge < -0.3 is 19.1 Å². The highest BCUT2D eigenvalue weighted by Gasteiger charge is 2.29. The Morgan fingerprint density at radius 3 is 2.48 bits per heavy atom. The van der Waals surface area contributed by atoms with Gasteiger partial charge in [0.1, 0.15) is 17.5 Å². The lowest BCUT2D eigenvalue weighted by molar-refractivity contribution is -0.0248. The van der Waals surface area contributed by atoms with Crippen molar-refractivity contribution in [3.8, 4) is 0 Å². The Labute approximate surface area is 188 Å². The van der Waals surface area contributed by atoms with Gasteiger partial charge in [0.25, 0.3) is 0 Å². The van der Waals surface area contributed by atoms with Gasteiger partial charge in [-0.05, 0) is 58.9 Å². The second-order valence-electron chi connectivity index (χ2n) is 8.40. The van der Waals surface area contributed by atoms with E-state index < -0.39 is 11.7 Å². The van der Waals surface area contributed by atoms with Crippen LogP contribution >= 0.6 is 11.8 Å². The van der Waals surface area contributed by atoms with E-state index in [1.807, 2.05) is 34.0 Å². The second-order valence-corrected chi connectivity index (χ2v) is 9.24. The molecule has 0 aromatic heterocycles. The Morgan fingerprint density at radius 1 is 1.32 bits per heavy atom. The molecule has 1 aromatic carbocycles. The normalized spacial score (nSPS) is 16.7. The van der Waals surface area contributed by atoms with Gasteiger partial charge in [-0.25, -0.2) is 14.2 Å². The van der Waals surface area contributed by atoms with Gasteiger partial charge in [0.2, 0.25) is 5.90 Å². The SMILES string of the molecule is C=C(N=C(OC)C(C)OC1CCN(C(=O)OC(C)(C)C)CC1)c1ccc(SC)c(F)c1. The Kier molecular flexibility index (Phi) is 8.94. The van der Waals surface area contributed by atoms with Crippen LogP contribution in [0.2, 0.25) is 0 Å². The van der Waals surface area contributed by atoms with E-state index in [0.717, 1.165) is 0 Å². The zero-order valence-corrected chi connectivity index (χ0v) is 20.1. The Morgan fingerprint density at radius 2 is 1.97 bits per heavy atom. The summed E-state index contributed by atoms with van der Waals surface area (Å²) >= 11 is 1.35. The molecule has 1 aliphatic heterocycles. The number of aliphatic imine (C=N–C) groups is 1. The molecule has 0 aliphatic carbocycles. The number of piperidine rings is 1. The van der Waals surface area contributed by atoms with E-state index in [2.05, 4.69) is 11.6 Å². The Bertz CT molecular complexity index is 814. The quantitative estimate of drug-likeness (QED) is 0.330. The van der Waals surface area contributed by atoms with Gasteiger partial charge in [0, 0.05) is 23.5 Å². The first-order valence-electron chi connectivity index (χ1n) is 10.3. The van der Waals surface area contributed by atoms with Crippen LogP contribution in [0.4, 0.5) is 9.18 Å². The molecule has 1 heterocycles. The third-order valence-corrected chi connectivity index (χ3v) is 5.55. The van der Waals surface area contributed by atoms with E-state index in [1.54, 1.807) is 17.0 Å². The third-order valence-electron chi connectivity index (χ3n) is 4.78. The van der Waals surface area contributed by atoms with Crippen molar-refractivity contribution in [1.29, 1.82) is 0 Å². The summed E-state index contributed by atoms with van der Waals surface area (Å²) in [5.74, 6) is 0.0651. The first-order chi connectivity index (χ1) is 14.5. The van der Waals surface area contributed by atoms with Gasteiger partial charge >= 0.3 is 6.09 Å². The minimum absolute atomic E-state index is 0.0272. The third kappa shape index (κ3) is 7.54. The van der Waals surface area contributed by atoms with Crippen molar-refractivity contribution in [2.24, 2.45) is 4.99 Å². The van der Waals surface area contributed by atoms with Gasteiger partial charge in [-0.1, -0.05) is 12.6 Å². The molecule has 8 heteroatoms. The maximum atomic E-state index is 14.1. The van der Waals surface area contributed by atoms with Crippen molar-refractivity contribution in [3.05, 3.63) is 36.2 Å². The molecule has 2 rings (SSSR count). The maximum Gasteiger partial charge on any atom is 0.410 e. The number of benzene rings is 1. The van der Waals surface area contributed by atoms with Crippen LogP contribution < -0.4 is 0 Å². The summed E-state index contributed by atoms with van der Waals surface area (Å²) in [7, 11) is 1.52. The van der Waals surface area contributed by atoms with Crippen molar-refractivity contribution in [2.75, 3.05) is 26.5 Å². The summed E-state index contributed by atoms with van der Waals surface area (Å²) in [5.41, 5.74) is 0.477. The average molecular weight is 453 g/mol. The summed E-state index contributed by atoms with van der Waals surface area (Å²) < 4.78 is 31.0. The number of thioether (sulfide) groups is 1. The molecule has 1 aromatic rings. The molecule has 0 saturated carbocycles. The van der Waals surface area contributed by atoms with Crippen LogP contribution in [0.25, 0.3) is 5.70 Å². The molecule has 0 N–H and O–H groups in total. The molecule has 1 unspecified atom stereocenters. The van der Waals surface area contributed by atoms with Crippen LogP contribution in [-0.4, -0.2) is 61.2 Å². The highest BCUT2D eigenvalue weighted by atomic mass is 32.2. The number of carbonyl (C=O) groups excluding carboxylic acids is 1. The van der Waals surface area contributed by atoms with Crippen molar-refractivity contribution >= 4 is 29.4 Å². The number of methoxy groups -OCH3 is 1. The number of halogens is 1. The number of ether oxygens (including phenoxy) is 3. The number of nitrogens with zero attached hydrogens (tertiary/aromatic N) is 2. The second kappa shape index (κ2) is 11.0. The van der Waals surface area contributed by atoms with Crippen molar-refractivity contribution in [1.82, 2.24) is 4.90 Å². The van der Waals surface area contributed by atoms with E-state index in [1.165, 1.54) is 24.9 Å². The molecular formula is C23H33FN2O4S. The van der Waals surface area contributed by atoms with Gasteiger partial charge in [-0.15, -0.1) is 11.8 Å². The first kappa shape index (κ1) is 25.2. The predicted octanol–water partition coefficient (Wildman–Crippen LogP) is 5.37. The van der Waals surface area contributed by atoms with Crippen LogP contribution in [0, 0.1) is 5.82 Å². The average Bonchev–Trinajstić information content (AvgIpc) is 2.70. The minimum Gasteiger partial charge on any atom is -0.482 e. The van der Waals surface area contributed by atoms with Crippen molar-refractivity contribution in [2.45, 2.75) is 63.2 Å². The monoisotopic (exact) mass is 452 g/mol. The number of amides is 1. The summed E-state index contributed by atoms with van der Waals surface area (Å²) in [6.07, 6.45) is 2.49. The molecule has 0 spiro atoms. The van der Waals surface area contributed by atoms with E-state index in [9.17, 15) is 9.18 Å². The maximum absolute atomic E-state index is 14.1. The van der Waals surface area contributed by atoms with Crippen LogP contribution in [0.1, 0.15) is 46.1 Å². The van der Waals surface area contributed by atoms with E-state index in [-0.39, 0.29) is 18.0 Å². The molecule has 1 atom stereocenters. The number of rotatable bonds is 6. The Balaban J connectivity index is 1.94. The van der Waals surface area contributed by atoms with Gasteiger partial charge in [0.15, 0.2) is 0 Å². The molecule has 1 aliphatic rings. The summed E-state index contributed by atoms with van der Waals surface area (Å²) in [5, 5.41) is 0. The highest BCUT2D eigenvalue weighted by Crippen LogP contribution is 2.24. The van der Waals surface area contributed by atoms with Crippen LogP contribution in [0.3, 0.4) is 0 Å². The molecule has 31 heavy (non-hydrogen) atoms. The lowest BCUT2D eigenvalue weighted by Crippen LogP contribution is -2.44. The molecular weight excluding hydrogens is 419 g/mol. The lowest BCUT2D eigenvalue weighted by atomic mass is 10.1. The fraction of sp³-hybridized carbons (Fsp3) is 0.565. The fourth-order valence-corrected chi connectivity index (χ4v) is 3.65. The number of hydrogen-bond acceptors (Lipinski definition) is 6. The van der Waals surface area contributed by atoms with Crippen LogP contribution in [-0.2, 0) is 14.2 Å². The van der Waals surface area contributed by atoms with Crippen molar-refractivity contribution in [3.63, 3.8) is 0 Å². The fourth-order valence-electron chi connectivity index (χ4n) is 3.19. The molecule has 0 radical (unpaired) electrons.